The molecule has 0 atom stereocenters. The van der Waals surface area contributed by atoms with Crippen LogP contribution in [-0.2, 0) is 0 Å². The van der Waals surface area contributed by atoms with E-state index in [1.165, 1.54) is 0 Å². The van der Waals surface area contributed by atoms with E-state index in [0.29, 0.717) is 10.8 Å². The first-order valence-electron chi connectivity index (χ1n) is 8.09. The van der Waals surface area contributed by atoms with Gasteiger partial charge in [-0.3, -0.25) is 0 Å². The van der Waals surface area contributed by atoms with Crippen molar-refractivity contribution in [2.75, 3.05) is 0 Å². The highest BCUT2D eigenvalue weighted by molar-refractivity contribution is 6.30. The topological polar surface area (TPSA) is 38.0 Å². The van der Waals surface area contributed by atoms with Gasteiger partial charge in [-0.2, -0.15) is 5.10 Å². The third-order valence-corrected chi connectivity index (χ3v) is 4.67. The summed E-state index contributed by atoms with van der Waals surface area (Å²) >= 11 is 6.06. The Kier molecular flexibility index (Phi) is 3.74. The van der Waals surface area contributed by atoms with E-state index in [0.717, 1.165) is 39.0 Å². The van der Waals surface area contributed by atoms with Crippen molar-refractivity contribution in [1.29, 1.82) is 0 Å². The molecule has 1 aromatic heterocycles. The maximum atomic E-state index is 10.1. The van der Waals surface area contributed by atoms with Crippen LogP contribution in [0.1, 0.15) is 11.1 Å². The molecule has 3 nitrogen and oxygen atoms in total. The summed E-state index contributed by atoms with van der Waals surface area (Å²) < 4.78 is 1.94. The third kappa shape index (κ3) is 2.67. The number of aryl methyl sites for hydroxylation is 2. The standard InChI is InChI=1S/C21H17ClN2O/c1-13-11-17(12-14(2)21(13)25)24-20(15-7-9-16(22)10-8-15)18-5-3-4-6-19(18)23-24/h3-12,25H,1-2H3. The molecule has 0 radical (unpaired) electrons. The van der Waals surface area contributed by atoms with Crippen molar-refractivity contribution >= 4 is 22.5 Å². The fraction of sp³-hybridized carbons (Fsp3) is 0.0952. The van der Waals surface area contributed by atoms with E-state index in [1.54, 1.807) is 0 Å². The second-order valence-corrected chi connectivity index (χ2v) is 6.65. The summed E-state index contributed by atoms with van der Waals surface area (Å²) in [4.78, 5) is 0. The number of phenolic OH excluding ortho intramolecular Hbond substituents is 1. The lowest BCUT2D eigenvalue weighted by molar-refractivity contribution is 0.466. The summed E-state index contributed by atoms with van der Waals surface area (Å²) in [5.41, 5.74) is 5.57. The molecule has 0 bridgehead atoms. The molecule has 0 fully saturated rings. The normalized spacial score (nSPS) is 11.2. The van der Waals surface area contributed by atoms with Crippen molar-refractivity contribution < 1.29 is 5.11 Å². The molecule has 1 heterocycles. The summed E-state index contributed by atoms with van der Waals surface area (Å²) in [5, 5.41) is 16.7. The number of aromatic hydroxyl groups is 1. The van der Waals surface area contributed by atoms with Crippen LogP contribution in [0.3, 0.4) is 0 Å². The van der Waals surface area contributed by atoms with E-state index < -0.39 is 0 Å². The smallest absolute Gasteiger partial charge is 0.121 e. The van der Waals surface area contributed by atoms with Gasteiger partial charge in [-0.15, -0.1) is 0 Å². The monoisotopic (exact) mass is 348 g/mol. The second kappa shape index (κ2) is 5.94. The number of rotatable bonds is 2. The Morgan fingerprint density at radius 1 is 0.920 bits per heavy atom. The molecule has 25 heavy (non-hydrogen) atoms. The molecule has 0 unspecified atom stereocenters. The number of hydrogen-bond acceptors (Lipinski definition) is 2. The predicted octanol–water partition coefficient (Wildman–Crippen LogP) is 5.67. The molecule has 0 spiro atoms. The lowest BCUT2D eigenvalue weighted by Gasteiger charge is -2.12. The molecular formula is C21H17ClN2O. The Labute approximate surface area is 151 Å². The van der Waals surface area contributed by atoms with Crippen LogP contribution in [0.15, 0.2) is 60.7 Å². The predicted molar refractivity (Wildman–Crippen MR) is 103 cm³/mol. The average molecular weight is 349 g/mol. The molecule has 0 aliphatic carbocycles. The maximum absolute atomic E-state index is 10.1. The Bertz CT molecular complexity index is 1060. The first-order valence-corrected chi connectivity index (χ1v) is 8.46. The average Bonchev–Trinajstić information content (AvgIpc) is 2.99. The molecule has 0 saturated carbocycles. The number of aromatic nitrogens is 2. The summed E-state index contributed by atoms with van der Waals surface area (Å²) in [6.45, 7) is 3.80. The molecule has 1 N–H and O–H groups in total. The van der Waals surface area contributed by atoms with Crippen LogP contribution in [0.2, 0.25) is 5.02 Å². The highest BCUT2D eigenvalue weighted by atomic mass is 35.5. The van der Waals surface area contributed by atoms with Gasteiger partial charge in [-0.05, 0) is 55.3 Å². The van der Waals surface area contributed by atoms with Crippen molar-refractivity contribution in [3.8, 4) is 22.7 Å². The van der Waals surface area contributed by atoms with Gasteiger partial charge >= 0.3 is 0 Å². The van der Waals surface area contributed by atoms with E-state index in [-0.39, 0.29) is 0 Å². The molecule has 0 amide bonds. The molecule has 4 heteroatoms. The van der Waals surface area contributed by atoms with Crippen molar-refractivity contribution in [2.45, 2.75) is 13.8 Å². The molecule has 4 aromatic rings. The number of nitrogens with zero attached hydrogens (tertiary/aromatic N) is 2. The van der Waals surface area contributed by atoms with Gasteiger partial charge in [-0.25, -0.2) is 4.68 Å². The SMILES string of the molecule is Cc1cc(-n2nc3ccccc3c2-c2ccc(Cl)cc2)cc(C)c1O. The van der Waals surface area contributed by atoms with Crippen LogP contribution in [0, 0.1) is 13.8 Å². The molecule has 0 saturated heterocycles. The van der Waals surface area contributed by atoms with E-state index in [1.807, 2.05) is 73.1 Å². The summed E-state index contributed by atoms with van der Waals surface area (Å²) in [6.07, 6.45) is 0. The second-order valence-electron chi connectivity index (χ2n) is 6.21. The summed E-state index contributed by atoms with van der Waals surface area (Å²) in [7, 11) is 0. The van der Waals surface area contributed by atoms with Gasteiger partial charge < -0.3 is 5.11 Å². The van der Waals surface area contributed by atoms with Gasteiger partial charge in [0.1, 0.15) is 5.75 Å². The zero-order chi connectivity index (χ0) is 17.6. The highest BCUT2D eigenvalue weighted by Gasteiger charge is 2.16. The number of benzene rings is 3. The highest BCUT2D eigenvalue weighted by Crippen LogP contribution is 2.33. The van der Waals surface area contributed by atoms with E-state index in [9.17, 15) is 5.11 Å². The minimum atomic E-state index is 0.327. The largest absolute Gasteiger partial charge is 0.507 e. The lowest BCUT2D eigenvalue weighted by atomic mass is 10.1. The molecule has 3 aromatic carbocycles. The Morgan fingerprint density at radius 3 is 2.24 bits per heavy atom. The number of hydrogen-bond donors (Lipinski definition) is 1. The Balaban J connectivity index is 2.04. The minimum absolute atomic E-state index is 0.327. The zero-order valence-corrected chi connectivity index (χ0v) is 14.7. The van der Waals surface area contributed by atoms with Crippen molar-refractivity contribution in [3.05, 3.63) is 76.8 Å². The first-order chi connectivity index (χ1) is 12.0. The Hall–Kier alpha value is -2.78. The van der Waals surface area contributed by atoms with Gasteiger partial charge in [0, 0.05) is 16.0 Å². The van der Waals surface area contributed by atoms with Gasteiger partial charge in [0.05, 0.1) is 16.9 Å². The fourth-order valence-electron chi connectivity index (χ4n) is 3.16. The van der Waals surface area contributed by atoms with Gasteiger partial charge in [0.25, 0.3) is 0 Å². The maximum Gasteiger partial charge on any atom is 0.121 e. The van der Waals surface area contributed by atoms with Crippen molar-refractivity contribution in [3.63, 3.8) is 0 Å². The van der Waals surface area contributed by atoms with Crippen molar-refractivity contribution in [2.24, 2.45) is 0 Å². The van der Waals surface area contributed by atoms with E-state index in [4.69, 9.17) is 16.7 Å². The van der Waals surface area contributed by atoms with Crippen LogP contribution in [-0.4, -0.2) is 14.9 Å². The van der Waals surface area contributed by atoms with Crippen molar-refractivity contribution in [1.82, 2.24) is 9.78 Å². The molecule has 4 rings (SSSR count). The quantitative estimate of drug-likeness (QED) is 0.507. The van der Waals surface area contributed by atoms with Crippen LogP contribution < -0.4 is 0 Å². The van der Waals surface area contributed by atoms with Gasteiger partial charge in [0.15, 0.2) is 0 Å². The van der Waals surface area contributed by atoms with Crippen LogP contribution in [0.5, 0.6) is 5.75 Å². The minimum Gasteiger partial charge on any atom is -0.507 e. The first kappa shape index (κ1) is 15.7. The summed E-state index contributed by atoms with van der Waals surface area (Å²) in [5.74, 6) is 0.327. The molecular weight excluding hydrogens is 332 g/mol. The molecule has 124 valence electrons. The zero-order valence-electron chi connectivity index (χ0n) is 14.0. The van der Waals surface area contributed by atoms with Gasteiger partial charge in [-0.1, -0.05) is 41.9 Å². The summed E-state index contributed by atoms with van der Waals surface area (Å²) in [6, 6.07) is 19.8. The van der Waals surface area contributed by atoms with E-state index >= 15 is 0 Å². The van der Waals surface area contributed by atoms with Gasteiger partial charge in [0.2, 0.25) is 0 Å². The molecule has 0 aliphatic heterocycles. The number of fused-ring (bicyclic) bond motifs is 1. The van der Waals surface area contributed by atoms with Crippen LogP contribution in [0.25, 0.3) is 27.8 Å². The fourth-order valence-corrected chi connectivity index (χ4v) is 3.29. The Morgan fingerprint density at radius 2 is 1.56 bits per heavy atom. The van der Waals surface area contributed by atoms with E-state index in [2.05, 4.69) is 6.07 Å². The van der Waals surface area contributed by atoms with Crippen LogP contribution in [0.4, 0.5) is 0 Å². The number of halogens is 1. The van der Waals surface area contributed by atoms with Crippen LogP contribution >= 0.6 is 11.6 Å². The molecule has 0 aliphatic rings. The third-order valence-electron chi connectivity index (χ3n) is 4.42. The lowest BCUT2D eigenvalue weighted by Crippen LogP contribution is -2.00. The number of phenols is 1.